The average molecular weight is 426 g/mol. The third-order valence-electron chi connectivity index (χ3n) is 4.35. The molecule has 30 heavy (non-hydrogen) atoms. The zero-order valence-electron chi connectivity index (χ0n) is 16.6. The van der Waals surface area contributed by atoms with Crippen molar-refractivity contribution in [3.63, 3.8) is 0 Å². The standard InChI is InChI=1S/C22H22N2O5S/c1-28-20-14-8-6-12-18(20)23-22(25)16-24(19-13-7-9-15-21(19)29-2)30(26,27)17-10-4-3-5-11-17/h3-15H,16H2,1-2H3,(H,23,25). The van der Waals surface area contributed by atoms with Crippen molar-refractivity contribution in [2.24, 2.45) is 0 Å². The first-order valence-electron chi connectivity index (χ1n) is 9.11. The van der Waals surface area contributed by atoms with Crippen LogP contribution in [-0.4, -0.2) is 35.1 Å². The van der Waals surface area contributed by atoms with Gasteiger partial charge in [0.15, 0.2) is 0 Å². The van der Waals surface area contributed by atoms with Crippen LogP contribution in [0.15, 0.2) is 83.8 Å². The summed E-state index contributed by atoms with van der Waals surface area (Å²) in [6.07, 6.45) is 0. The average Bonchev–Trinajstić information content (AvgIpc) is 2.78. The number of rotatable bonds is 8. The van der Waals surface area contributed by atoms with Gasteiger partial charge in [-0.05, 0) is 36.4 Å². The van der Waals surface area contributed by atoms with E-state index in [9.17, 15) is 13.2 Å². The van der Waals surface area contributed by atoms with Crippen LogP contribution < -0.4 is 19.1 Å². The van der Waals surface area contributed by atoms with E-state index in [1.807, 2.05) is 0 Å². The molecule has 0 heterocycles. The van der Waals surface area contributed by atoms with Gasteiger partial charge < -0.3 is 14.8 Å². The van der Waals surface area contributed by atoms with E-state index in [0.29, 0.717) is 17.2 Å². The monoisotopic (exact) mass is 426 g/mol. The van der Waals surface area contributed by atoms with Gasteiger partial charge in [-0.3, -0.25) is 9.10 Å². The van der Waals surface area contributed by atoms with Crippen LogP contribution in [0.25, 0.3) is 0 Å². The summed E-state index contributed by atoms with van der Waals surface area (Å²) < 4.78 is 38.4. The van der Waals surface area contributed by atoms with E-state index in [1.165, 1.54) is 26.4 Å². The molecular weight excluding hydrogens is 404 g/mol. The Labute approximate surface area is 175 Å². The number of anilines is 2. The van der Waals surface area contributed by atoms with Crippen LogP contribution in [0.1, 0.15) is 0 Å². The van der Waals surface area contributed by atoms with Gasteiger partial charge in [-0.25, -0.2) is 8.42 Å². The molecule has 0 aliphatic heterocycles. The highest BCUT2D eigenvalue weighted by molar-refractivity contribution is 7.92. The van der Waals surface area contributed by atoms with Crippen molar-refractivity contribution in [3.05, 3.63) is 78.9 Å². The third kappa shape index (κ3) is 4.55. The SMILES string of the molecule is COc1ccccc1NC(=O)CN(c1ccccc1OC)S(=O)(=O)c1ccccc1. The number of methoxy groups -OCH3 is 2. The molecular formula is C22H22N2O5S. The molecule has 0 radical (unpaired) electrons. The van der Waals surface area contributed by atoms with Crippen molar-refractivity contribution >= 4 is 27.3 Å². The van der Waals surface area contributed by atoms with Crippen molar-refractivity contribution in [2.45, 2.75) is 4.90 Å². The summed E-state index contributed by atoms with van der Waals surface area (Å²) in [5, 5.41) is 2.71. The first-order valence-corrected chi connectivity index (χ1v) is 10.5. The summed E-state index contributed by atoms with van der Waals surface area (Å²) >= 11 is 0. The second-order valence-electron chi connectivity index (χ2n) is 6.25. The number of hydrogen-bond donors (Lipinski definition) is 1. The summed E-state index contributed by atoms with van der Waals surface area (Å²) in [6, 6.07) is 21.5. The Morgan fingerprint density at radius 1 is 0.833 bits per heavy atom. The number of ether oxygens (including phenoxy) is 2. The molecule has 3 aromatic rings. The Morgan fingerprint density at radius 3 is 2.07 bits per heavy atom. The fraction of sp³-hybridized carbons (Fsp3) is 0.136. The van der Waals surface area contributed by atoms with Crippen LogP contribution >= 0.6 is 0 Å². The lowest BCUT2D eigenvalue weighted by atomic mass is 10.2. The smallest absolute Gasteiger partial charge is 0.264 e. The van der Waals surface area contributed by atoms with E-state index in [-0.39, 0.29) is 10.6 Å². The Bertz CT molecular complexity index is 1120. The third-order valence-corrected chi connectivity index (χ3v) is 6.13. The quantitative estimate of drug-likeness (QED) is 0.596. The maximum atomic E-state index is 13.4. The highest BCUT2D eigenvalue weighted by atomic mass is 32.2. The lowest BCUT2D eigenvalue weighted by Gasteiger charge is -2.25. The van der Waals surface area contributed by atoms with E-state index in [1.54, 1.807) is 66.7 Å². The minimum Gasteiger partial charge on any atom is -0.495 e. The molecule has 1 amide bonds. The van der Waals surface area contributed by atoms with Gasteiger partial charge in [0.2, 0.25) is 5.91 Å². The molecule has 7 nitrogen and oxygen atoms in total. The predicted octanol–water partition coefficient (Wildman–Crippen LogP) is 3.54. The molecule has 8 heteroatoms. The zero-order chi connectivity index (χ0) is 21.6. The van der Waals surface area contributed by atoms with Crippen LogP contribution in [-0.2, 0) is 14.8 Å². The van der Waals surface area contributed by atoms with Gasteiger partial charge in [0.1, 0.15) is 18.0 Å². The topological polar surface area (TPSA) is 84.9 Å². The Kier molecular flexibility index (Phi) is 6.58. The van der Waals surface area contributed by atoms with Gasteiger partial charge in [0, 0.05) is 0 Å². The van der Waals surface area contributed by atoms with Crippen molar-refractivity contribution < 1.29 is 22.7 Å². The summed E-state index contributed by atoms with van der Waals surface area (Å²) in [7, 11) is -1.09. The molecule has 1 N–H and O–H groups in total. The fourth-order valence-corrected chi connectivity index (χ4v) is 4.38. The molecule has 3 aromatic carbocycles. The predicted molar refractivity (Wildman–Crippen MR) is 116 cm³/mol. The Balaban J connectivity index is 1.99. The molecule has 0 unspecified atom stereocenters. The minimum absolute atomic E-state index is 0.0704. The van der Waals surface area contributed by atoms with Crippen LogP contribution in [0.2, 0.25) is 0 Å². The van der Waals surface area contributed by atoms with Crippen molar-refractivity contribution in [1.82, 2.24) is 0 Å². The molecule has 0 saturated carbocycles. The number of benzene rings is 3. The molecule has 0 bridgehead atoms. The number of amides is 1. The normalized spacial score (nSPS) is 10.9. The molecule has 0 aromatic heterocycles. The maximum Gasteiger partial charge on any atom is 0.264 e. The van der Waals surface area contributed by atoms with Crippen molar-refractivity contribution in [2.75, 3.05) is 30.4 Å². The lowest BCUT2D eigenvalue weighted by molar-refractivity contribution is -0.114. The number of carbonyl (C=O) groups is 1. The van der Waals surface area contributed by atoms with E-state index in [2.05, 4.69) is 5.32 Å². The second-order valence-corrected chi connectivity index (χ2v) is 8.11. The fourth-order valence-electron chi connectivity index (χ4n) is 2.92. The molecule has 3 rings (SSSR count). The van der Waals surface area contributed by atoms with E-state index in [0.717, 1.165) is 4.31 Å². The molecule has 0 aliphatic carbocycles. The van der Waals surface area contributed by atoms with E-state index >= 15 is 0 Å². The highest BCUT2D eigenvalue weighted by Gasteiger charge is 2.29. The number of para-hydroxylation sites is 4. The molecule has 0 aliphatic rings. The Morgan fingerprint density at radius 2 is 1.40 bits per heavy atom. The van der Waals surface area contributed by atoms with Crippen molar-refractivity contribution in [1.29, 1.82) is 0 Å². The Hall–Kier alpha value is -3.52. The molecule has 156 valence electrons. The van der Waals surface area contributed by atoms with Gasteiger partial charge in [0.25, 0.3) is 10.0 Å². The highest BCUT2D eigenvalue weighted by Crippen LogP contribution is 2.32. The molecule has 0 saturated heterocycles. The number of carbonyl (C=O) groups excluding carboxylic acids is 1. The maximum absolute atomic E-state index is 13.4. The van der Waals surface area contributed by atoms with Crippen LogP contribution in [0.4, 0.5) is 11.4 Å². The first-order chi connectivity index (χ1) is 14.5. The van der Waals surface area contributed by atoms with E-state index < -0.39 is 22.5 Å². The number of nitrogens with zero attached hydrogens (tertiary/aromatic N) is 1. The van der Waals surface area contributed by atoms with Crippen LogP contribution in [0.3, 0.4) is 0 Å². The second kappa shape index (κ2) is 9.32. The molecule has 0 atom stereocenters. The number of nitrogens with one attached hydrogen (secondary N) is 1. The van der Waals surface area contributed by atoms with Gasteiger partial charge in [0.05, 0.1) is 30.5 Å². The largest absolute Gasteiger partial charge is 0.495 e. The lowest BCUT2D eigenvalue weighted by Crippen LogP contribution is -2.38. The minimum atomic E-state index is -4.03. The van der Waals surface area contributed by atoms with Crippen LogP contribution in [0, 0.1) is 0 Å². The van der Waals surface area contributed by atoms with Crippen LogP contribution in [0.5, 0.6) is 11.5 Å². The van der Waals surface area contributed by atoms with E-state index in [4.69, 9.17) is 9.47 Å². The van der Waals surface area contributed by atoms with Gasteiger partial charge in [-0.1, -0.05) is 42.5 Å². The summed E-state index contributed by atoms with van der Waals surface area (Å²) in [5.74, 6) is 0.285. The summed E-state index contributed by atoms with van der Waals surface area (Å²) in [5.41, 5.74) is 0.709. The number of hydrogen-bond acceptors (Lipinski definition) is 5. The molecule has 0 spiro atoms. The van der Waals surface area contributed by atoms with Gasteiger partial charge in [-0.2, -0.15) is 0 Å². The summed E-state index contributed by atoms with van der Waals surface area (Å²) in [4.78, 5) is 12.9. The van der Waals surface area contributed by atoms with Gasteiger partial charge >= 0.3 is 0 Å². The molecule has 0 fully saturated rings. The first kappa shape index (κ1) is 21.2. The number of sulfonamides is 1. The zero-order valence-corrected chi connectivity index (χ0v) is 17.4. The van der Waals surface area contributed by atoms with Crippen molar-refractivity contribution in [3.8, 4) is 11.5 Å². The summed E-state index contributed by atoms with van der Waals surface area (Å²) in [6.45, 7) is -0.449. The van der Waals surface area contributed by atoms with Gasteiger partial charge in [-0.15, -0.1) is 0 Å².